The maximum Gasteiger partial charge on any atom is 0.272 e. The van der Waals surface area contributed by atoms with Crippen LogP contribution in [0.2, 0.25) is 0 Å². The molecule has 2 fully saturated rings. The Hall–Kier alpha value is -0.320. The topological polar surface area (TPSA) is 61.7 Å². The van der Waals surface area contributed by atoms with Crippen LogP contribution in [0.25, 0.3) is 0 Å². The van der Waals surface area contributed by atoms with Crippen molar-refractivity contribution in [2.75, 3.05) is 0 Å². The first-order valence-electron chi connectivity index (χ1n) is 7.90. The second kappa shape index (κ2) is 6.43. The molecule has 6 unspecified atom stereocenters. The summed E-state index contributed by atoms with van der Waals surface area (Å²) < 4.78 is 0. The summed E-state index contributed by atoms with van der Waals surface area (Å²) in [6.45, 7) is 0. The van der Waals surface area contributed by atoms with Gasteiger partial charge in [-0.1, -0.05) is 12.8 Å². The number of carbonyl (C=O) groups is 1. The number of nitrogens with one attached hydrogen (secondary N) is 1. The van der Waals surface area contributed by atoms with Gasteiger partial charge in [0.2, 0.25) is 6.23 Å². The Morgan fingerprint density at radius 1 is 1.10 bits per heavy atom. The second-order valence-electron chi connectivity index (χ2n) is 6.47. The average Bonchev–Trinajstić information content (AvgIpc) is 2.58. The number of amides is 1. The maximum atomic E-state index is 11.9. The van der Waals surface area contributed by atoms with E-state index in [9.17, 15) is 9.90 Å². The van der Waals surface area contributed by atoms with Crippen LogP contribution in [0.15, 0.2) is 4.99 Å². The Kier molecular flexibility index (Phi) is 4.77. The standard InChI is InChI=1S/C15H22Cl2N2O2/c16-8-5-6-12-10(7-8)13(19-15(21)14(20)18-12)9-3-1-2-4-11(9)17/h8-12,15,21H,1-7H2,(H,18,20). The molecule has 0 spiro atoms. The number of fused-ring (bicyclic) bond motifs is 1. The molecule has 21 heavy (non-hydrogen) atoms. The predicted octanol–water partition coefficient (Wildman–Crippen LogP) is 2.45. The van der Waals surface area contributed by atoms with Gasteiger partial charge in [-0.05, 0) is 32.1 Å². The Morgan fingerprint density at radius 3 is 2.62 bits per heavy atom. The zero-order chi connectivity index (χ0) is 15.0. The minimum Gasteiger partial charge on any atom is -0.364 e. The van der Waals surface area contributed by atoms with Crippen molar-refractivity contribution in [2.24, 2.45) is 16.8 Å². The molecule has 2 saturated carbocycles. The zero-order valence-electron chi connectivity index (χ0n) is 12.0. The Morgan fingerprint density at radius 2 is 1.86 bits per heavy atom. The number of hydrogen-bond donors (Lipinski definition) is 2. The van der Waals surface area contributed by atoms with Gasteiger partial charge in [-0.15, -0.1) is 23.2 Å². The van der Waals surface area contributed by atoms with Gasteiger partial charge in [-0.3, -0.25) is 9.79 Å². The van der Waals surface area contributed by atoms with Gasteiger partial charge in [0.05, 0.1) is 0 Å². The molecule has 0 bridgehead atoms. The highest BCUT2D eigenvalue weighted by Gasteiger charge is 2.42. The summed E-state index contributed by atoms with van der Waals surface area (Å²) in [4.78, 5) is 16.3. The minimum absolute atomic E-state index is 0.0363. The van der Waals surface area contributed by atoms with Crippen LogP contribution in [0.1, 0.15) is 44.9 Å². The smallest absolute Gasteiger partial charge is 0.272 e. The van der Waals surface area contributed by atoms with Gasteiger partial charge >= 0.3 is 0 Å². The molecule has 118 valence electrons. The summed E-state index contributed by atoms with van der Waals surface area (Å²) in [5.74, 6) is -0.112. The lowest BCUT2D eigenvalue weighted by Gasteiger charge is -2.38. The van der Waals surface area contributed by atoms with E-state index in [1.54, 1.807) is 0 Å². The van der Waals surface area contributed by atoms with Crippen molar-refractivity contribution in [1.29, 1.82) is 0 Å². The lowest BCUT2D eigenvalue weighted by molar-refractivity contribution is -0.129. The third-order valence-electron chi connectivity index (χ3n) is 5.06. The number of rotatable bonds is 1. The molecule has 0 radical (unpaired) electrons. The fourth-order valence-electron chi connectivity index (χ4n) is 3.96. The van der Waals surface area contributed by atoms with Crippen LogP contribution < -0.4 is 5.32 Å². The van der Waals surface area contributed by atoms with Crippen molar-refractivity contribution in [3.8, 4) is 0 Å². The number of aliphatic hydroxyl groups is 1. The number of alkyl halides is 2. The van der Waals surface area contributed by atoms with E-state index in [1.165, 1.54) is 0 Å². The van der Waals surface area contributed by atoms with Crippen LogP contribution in [0.3, 0.4) is 0 Å². The number of aliphatic imine (C=N–C) groups is 1. The molecule has 0 aromatic heterocycles. The highest BCUT2D eigenvalue weighted by molar-refractivity contribution is 6.23. The molecule has 0 aromatic rings. The molecule has 3 aliphatic rings. The van der Waals surface area contributed by atoms with Crippen molar-refractivity contribution < 1.29 is 9.90 Å². The fourth-order valence-corrected chi connectivity index (χ4v) is 4.69. The molecule has 3 rings (SSSR count). The summed E-state index contributed by atoms with van der Waals surface area (Å²) in [6, 6.07) is 0.0363. The minimum atomic E-state index is -1.30. The van der Waals surface area contributed by atoms with Crippen LogP contribution in [0.4, 0.5) is 0 Å². The van der Waals surface area contributed by atoms with E-state index in [-0.39, 0.29) is 28.6 Å². The lowest BCUT2D eigenvalue weighted by Crippen LogP contribution is -2.48. The van der Waals surface area contributed by atoms with Gasteiger partial charge in [-0.2, -0.15) is 0 Å². The Labute approximate surface area is 135 Å². The quantitative estimate of drug-likeness (QED) is 0.724. The predicted molar refractivity (Wildman–Crippen MR) is 84.0 cm³/mol. The van der Waals surface area contributed by atoms with Crippen LogP contribution in [0.5, 0.6) is 0 Å². The van der Waals surface area contributed by atoms with E-state index in [0.29, 0.717) is 0 Å². The van der Waals surface area contributed by atoms with E-state index in [0.717, 1.165) is 50.7 Å². The van der Waals surface area contributed by atoms with Gasteiger partial charge in [0.15, 0.2) is 0 Å². The molecule has 1 aliphatic heterocycles. The number of nitrogens with zero attached hydrogens (tertiary/aromatic N) is 1. The monoisotopic (exact) mass is 332 g/mol. The SMILES string of the molecule is O=C1NC2CCC(Cl)CC2C(C2CCCCC2Cl)=NC1O. The number of carbonyl (C=O) groups excluding carboxylic acids is 1. The molecule has 0 aromatic carbocycles. The van der Waals surface area contributed by atoms with E-state index in [2.05, 4.69) is 10.3 Å². The van der Waals surface area contributed by atoms with Crippen molar-refractivity contribution >= 4 is 34.8 Å². The summed E-state index contributed by atoms with van der Waals surface area (Å²) >= 11 is 12.9. The van der Waals surface area contributed by atoms with Crippen molar-refractivity contribution in [1.82, 2.24) is 5.32 Å². The van der Waals surface area contributed by atoms with E-state index in [4.69, 9.17) is 23.2 Å². The first-order chi connectivity index (χ1) is 10.1. The van der Waals surface area contributed by atoms with Gasteiger partial charge < -0.3 is 10.4 Å². The molecule has 0 saturated heterocycles. The largest absolute Gasteiger partial charge is 0.364 e. The maximum absolute atomic E-state index is 11.9. The molecular formula is C15H22Cl2N2O2. The molecule has 6 heteroatoms. The lowest BCUT2D eigenvalue weighted by atomic mass is 9.73. The first-order valence-corrected chi connectivity index (χ1v) is 8.77. The number of halogens is 2. The summed E-state index contributed by atoms with van der Waals surface area (Å²) in [5, 5.41) is 13.1. The fraction of sp³-hybridized carbons (Fsp3) is 0.867. The normalized spacial score (nSPS) is 44.3. The molecule has 1 heterocycles. The van der Waals surface area contributed by atoms with Crippen LogP contribution in [-0.2, 0) is 4.79 Å². The Bertz CT molecular complexity index is 443. The average molecular weight is 333 g/mol. The van der Waals surface area contributed by atoms with Crippen LogP contribution in [0, 0.1) is 11.8 Å². The van der Waals surface area contributed by atoms with E-state index >= 15 is 0 Å². The Balaban J connectivity index is 1.92. The van der Waals surface area contributed by atoms with Crippen molar-refractivity contribution in [3.05, 3.63) is 0 Å². The van der Waals surface area contributed by atoms with Gasteiger partial charge in [0.1, 0.15) is 0 Å². The van der Waals surface area contributed by atoms with Crippen LogP contribution >= 0.6 is 23.2 Å². The zero-order valence-corrected chi connectivity index (χ0v) is 13.5. The molecule has 2 aliphatic carbocycles. The molecule has 2 N–H and O–H groups in total. The highest BCUT2D eigenvalue weighted by Crippen LogP contribution is 2.38. The van der Waals surface area contributed by atoms with E-state index in [1.807, 2.05) is 0 Å². The second-order valence-corrected chi connectivity index (χ2v) is 7.64. The summed E-state index contributed by atoms with van der Waals surface area (Å²) in [6.07, 6.45) is 5.48. The number of aliphatic hydroxyl groups excluding tert-OH is 1. The summed E-state index contributed by atoms with van der Waals surface area (Å²) in [7, 11) is 0. The number of hydrogen-bond acceptors (Lipinski definition) is 3. The molecule has 4 nitrogen and oxygen atoms in total. The molecular weight excluding hydrogens is 311 g/mol. The van der Waals surface area contributed by atoms with Crippen LogP contribution in [-0.4, -0.2) is 39.7 Å². The van der Waals surface area contributed by atoms with Gasteiger partial charge in [0, 0.05) is 34.3 Å². The third-order valence-corrected chi connectivity index (χ3v) is 5.98. The van der Waals surface area contributed by atoms with Gasteiger partial charge in [-0.25, -0.2) is 0 Å². The van der Waals surface area contributed by atoms with Gasteiger partial charge in [0.25, 0.3) is 5.91 Å². The first kappa shape index (κ1) is 15.6. The molecule has 1 amide bonds. The molecule has 6 atom stereocenters. The third kappa shape index (κ3) is 3.22. The van der Waals surface area contributed by atoms with E-state index < -0.39 is 12.1 Å². The summed E-state index contributed by atoms with van der Waals surface area (Å²) in [5.41, 5.74) is 0.927. The van der Waals surface area contributed by atoms with Crippen molar-refractivity contribution in [2.45, 2.75) is 68.0 Å². The highest BCUT2D eigenvalue weighted by atomic mass is 35.5. The van der Waals surface area contributed by atoms with Crippen molar-refractivity contribution in [3.63, 3.8) is 0 Å².